The van der Waals surface area contributed by atoms with Crippen molar-refractivity contribution in [3.05, 3.63) is 48.0 Å². The van der Waals surface area contributed by atoms with E-state index in [0.29, 0.717) is 0 Å². The molecular weight excluding hydrogens is 220 g/mol. The van der Waals surface area contributed by atoms with Crippen molar-refractivity contribution < 1.29 is 4.79 Å². The van der Waals surface area contributed by atoms with Gasteiger partial charge in [0, 0.05) is 0 Å². The lowest BCUT2D eigenvalue weighted by molar-refractivity contribution is -0.113. The van der Waals surface area contributed by atoms with Crippen LogP contribution in [0, 0.1) is 0 Å². The van der Waals surface area contributed by atoms with E-state index in [2.05, 4.69) is 18.2 Å². The molecule has 0 N–H and O–H groups in total. The highest BCUT2D eigenvalue weighted by Gasteiger charge is 2.51. The van der Waals surface area contributed by atoms with Gasteiger partial charge in [-0.1, -0.05) is 42.5 Å². The highest BCUT2D eigenvalue weighted by atomic mass is 35.5. The summed E-state index contributed by atoms with van der Waals surface area (Å²) in [6.07, 6.45) is 1.76. The van der Waals surface area contributed by atoms with Crippen molar-refractivity contribution in [3.8, 4) is 0 Å². The van der Waals surface area contributed by atoms with Crippen LogP contribution >= 0.6 is 11.6 Å². The van der Waals surface area contributed by atoms with E-state index in [0.717, 1.165) is 23.8 Å². The second kappa shape index (κ2) is 3.33. The zero-order valence-corrected chi connectivity index (χ0v) is 9.50. The summed E-state index contributed by atoms with van der Waals surface area (Å²) in [6, 6.07) is 14.2. The molecule has 1 aliphatic carbocycles. The fraction of sp³-hybridized carbons (Fsp3) is 0.214. The van der Waals surface area contributed by atoms with Gasteiger partial charge < -0.3 is 0 Å². The summed E-state index contributed by atoms with van der Waals surface area (Å²) in [5.41, 5.74) is 0.688. The summed E-state index contributed by atoms with van der Waals surface area (Å²) in [6.45, 7) is 0. The minimum absolute atomic E-state index is 0.219. The number of benzene rings is 2. The Hall–Kier alpha value is -1.34. The van der Waals surface area contributed by atoms with Crippen LogP contribution in [0.2, 0.25) is 0 Å². The molecule has 0 amide bonds. The second-order valence-corrected chi connectivity index (χ2v) is 4.73. The Morgan fingerprint density at radius 1 is 1.06 bits per heavy atom. The molecule has 0 heterocycles. The van der Waals surface area contributed by atoms with Crippen LogP contribution in [0.4, 0.5) is 0 Å². The molecule has 0 unspecified atom stereocenters. The molecule has 80 valence electrons. The third kappa shape index (κ3) is 1.28. The fourth-order valence-corrected chi connectivity index (χ4v) is 2.63. The van der Waals surface area contributed by atoms with Gasteiger partial charge in [0.1, 0.15) is 0 Å². The van der Waals surface area contributed by atoms with Crippen LogP contribution in [0.25, 0.3) is 10.8 Å². The van der Waals surface area contributed by atoms with E-state index in [1.807, 2.05) is 24.3 Å². The van der Waals surface area contributed by atoms with E-state index in [4.69, 9.17) is 11.6 Å². The molecule has 3 rings (SSSR count). The number of carbonyl (C=O) groups excluding carboxylic acids is 1. The molecule has 0 radical (unpaired) electrons. The van der Waals surface area contributed by atoms with E-state index in [9.17, 15) is 4.79 Å². The summed E-state index contributed by atoms with van der Waals surface area (Å²) in [5, 5.41) is 2.10. The molecule has 2 heteroatoms. The predicted molar refractivity (Wildman–Crippen MR) is 65.7 cm³/mol. The van der Waals surface area contributed by atoms with Gasteiger partial charge in [-0.3, -0.25) is 4.79 Å². The molecule has 1 aliphatic rings. The molecule has 2 aromatic rings. The molecular formula is C14H11ClO. The van der Waals surface area contributed by atoms with Crippen molar-refractivity contribution in [2.24, 2.45) is 0 Å². The summed E-state index contributed by atoms with van der Waals surface area (Å²) in [4.78, 5) is 11.5. The van der Waals surface area contributed by atoms with Gasteiger partial charge in [0.05, 0.1) is 5.41 Å². The topological polar surface area (TPSA) is 17.1 Å². The first kappa shape index (κ1) is 9.86. The Bertz CT molecular complexity index is 564. The van der Waals surface area contributed by atoms with Crippen molar-refractivity contribution in [2.45, 2.75) is 18.3 Å². The van der Waals surface area contributed by atoms with Gasteiger partial charge in [-0.15, -0.1) is 0 Å². The third-order valence-corrected chi connectivity index (χ3v) is 3.79. The maximum absolute atomic E-state index is 11.5. The third-order valence-electron chi connectivity index (χ3n) is 3.43. The van der Waals surface area contributed by atoms with Crippen molar-refractivity contribution in [1.82, 2.24) is 0 Å². The SMILES string of the molecule is O=C(Cl)C1(c2cccc3ccccc23)CC1. The largest absolute Gasteiger partial charge is 0.280 e. The molecule has 0 saturated heterocycles. The fourth-order valence-electron chi connectivity index (χ4n) is 2.34. The summed E-state index contributed by atoms with van der Waals surface area (Å²) in [7, 11) is 0. The van der Waals surface area contributed by atoms with E-state index in [-0.39, 0.29) is 5.24 Å². The lowest BCUT2D eigenvalue weighted by atomic mass is 9.92. The van der Waals surface area contributed by atoms with Crippen LogP contribution in [0.15, 0.2) is 42.5 Å². The van der Waals surface area contributed by atoms with E-state index in [1.165, 1.54) is 5.39 Å². The Morgan fingerprint density at radius 2 is 1.75 bits per heavy atom. The molecule has 0 atom stereocenters. The Balaban J connectivity index is 2.29. The monoisotopic (exact) mass is 230 g/mol. The Kier molecular flexibility index (Phi) is 2.05. The van der Waals surface area contributed by atoms with Crippen LogP contribution in [0.3, 0.4) is 0 Å². The van der Waals surface area contributed by atoms with Crippen LogP contribution in [-0.2, 0) is 10.2 Å². The van der Waals surface area contributed by atoms with Gasteiger partial charge in [0.2, 0.25) is 5.24 Å². The second-order valence-electron chi connectivity index (χ2n) is 4.38. The van der Waals surface area contributed by atoms with Gasteiger partial charge in [0.25, 0.3) is 0 Å². The molecule has 16 heavy (non-hydrogen) atoms. The van der Waals surface area contributed by atoms with E-state index >= 15 is 0 Å². The molecule has 0 bridgehead atoms. The summed E-state index contributed by atoms with van der Waals surface area (Å²) < 4.78 is 0. The zero-order valence-electron chi connectivity index (χ0n) is 8.74. The number of hydrogen-bond acceptors (Lipinski definition) is 1. The molecule has 1 fully saturated rings. The van der Waals surface area contributed by atoms with Crippen LogP contribution < -0.4 is 0 Å². The number of rotatable bonds is 2. The molecule has 1 nitrogen and oxygen atoms in total. The average molecular weight is 231 g/mol. The van der Waals surface area contributed by atoms with E-state index < -0.39 is 5.41 Å². The van der Waals surface area contributed by atoms with Crippen LogP contribution in [0.1, 0.15) is 18.4 Å². The summed E-state index contributed by atoms with van der Waals surface area (Å²) >= 11 is 5.73. The number of fused-ring (bicyclic) bond motifs is 1. The van der Waals surface area contributed by atoms with Gasteiger partial charge in [0.15, 0.2) is 0 Å². The van der Waals surface area contributed by atoms with Gasteiger partial charge >= 0.3 is 0 Å². The van der Waals surface area contributed by atoms with Gasteiger partial charge in [-0.05, 0) is 40.8 Å². The van der Waals surface area contributed by atoms with Gasteiger partial charge in [-0.25, -0.2) is 0 Å². The summed E-state index contributed by atoms with van der Waals surface area (Å²) in [5.74, 6) is 0. The maximum Gasteiger partial charge on any atom is 0.232 e. The first-order valence-corrected chi connectivity index (χ1v) is 5.80. The number of halogens is 1. The predicted octanol–water partition coefficient (Wildman–Crippen LogP) is 3.64. The van der Waals surface area contributed by atoms with Crippen LogP contribution in [-0.4, -0.2) is 5.24 Å². The number of hydrogen-bond donors (Lipinski definition) is 0. The minimum atomic E-state index is -0.400. The number of carbonyl (C=O) groups is 1. The highest BCUT2D eigenvalue weighted by Crippen LogP contribution is 2.51. The van der Waals surface area contributed by atoms with Crippen molar-refractivity contribution >= 4 is 27.6 Å². The average Bonchev–Trinajstić information content (AvgIpc) is 3.09. The normalized spacial score (nSPS) is 17.3. The zero-order chi connectivity index (χ0) is 11.2. The lowest BCUT2D eigenvalue weighted by Crippen LogP contribution is -2.15. The quantitative estimate of drug-likeness (QED) is 0.720. The first-order valence-electron chi connectivity index (χ1n) is 5.42. The molecule has 0 aliphatic heterocycles. The molecule has 1 saturated carbocycles. The van der Waals surface area contributed by atoms with Crippen molar-refractivity contribution in [1.29, 1.82) is 0 Å². The first-order chi connectivity index (χ1) is 7.74. The van der Waals surface area contributed by atoms with E-state index in [1.54, 1.807) is 0 Å². The highest BCUT2D eigenvalue weighted by molar-refractivity contribution is 6.66. The smallest absolute Gasteiger partial charge is 0.232 e. The Labute approximate surface area is 99.0 Å². The minimum Gasteiger partial charge on any atom is -0.280 e. The van der Waals surface area contributed by atoms with Crippen molar-refractivity contribution in [3.63, 3.8) is 0 Å². The lowest BCUT2D eigenvalue weighted by Gasteiger charge is -2.13. The van der Waals surface area contributed by atoms with Gasteiger partial charge in [-0.2, -0.15) is 0 Å². The molecule has 0 aromatic heterocycles. The molecule has 0 spiro atoms. The Morgan fingerprint density at radius 3 is 2.44 bits per heavy atom. The maximum atomic E-state index is 11.5. The van der Waals surface area contributed by atoms with Crippen LogP contribution in [0.5, 0.6) is 0 Å². The molecule has 2 aromatic carbocycles. The van der Waals surface area contributed by atoms with Crippen molar-refractivity contribution in [2.75, 3.05) is 0 Å². The standard InChI is InChI=1S/C14H11ClO/c15-13(16)14(8-9-14)12-7-3-5-10-4-1-2-6-11(10)12/h1-7H,8-9H2.